The number of aryl methyl sites for hydroxylation is 2. The molecule has 0 aliphatic heterocycles. The van der Waals surface area contributed by atoms with Gasteiger partial charge in [0, 0.05) is 18.2 Å². The average molecular weight is 219 g/mol. The first-order valence-electron chi connectivity index (χ1n) is 5.18. The van der Waals surface area contributed by atoms with Crippen LogP contribution in [0.1, 0.15) is 24.2 Å². The largest absolute Gasteiger partial charge is 0.337 e. The van der Waals surface area contributed by atoms with Crippen molar-refractivity contribution in [3.05, 3.63) is 46.0 Å². The van der Waals surface area contributed by atoms with Crippen molar-refractivity contribution in [3.8, 4) is 0 Å². The van der Waals surface area contributed by atoms with Gasteiger partial charge in [0.2, 0.25) is 5.89 Å². The Morgan fingerprint density at radius 3 is 3.00 bits per heavy atom. The molecular weight excluding hydrogens is 206 g/mol. The van der Waals surface area contributed by atoms with E-state index in [1.807, 2.05) is 13.0 Å². The van der Waals surface area contributed by atoms with Crippen LogP contribution in [0.4, 0.5) is 0 Å². The number of pyridine rings is 1. The van der Waals surface area contributed by atoms with E-state index in [2.05, 4.69) is 10.1 Å². The molecule has 0 bridgehead atoms. The van der Waals surface area contributed by atoms with Gasteiger partial charge in [-0.05, 0) is 13.0 Å². The lowest BCUT2D eigenvalue weighted by molar-refractivity contribution is 0.365. The highest BCUT2D eigenvalue weighted by molar-refractivity contribution is 5.08. The monoisotopic (exact) mass is 219 g/mol. The molecule has 2 aromatic rings. The van der Waals surface area contributed by atoms with Gasteiger partial charge in [-0.3, -0.25) is 4.79 Å². The van der Waals surface area contributed by atoms with E-state index in [4.69, 9.17) is 4.52 Å². The number of aromatic nitrogens is 3. The van der Waals surface area contributed by atoms with Crippen LogP contribution in [0, 0.1) is 6.92 Å². The molecule has 0 aromatic carbocycles. The van der Waals surface area contributed by atoms with Crippen LogP contribution in [-0.2, 0) is 13.0 Å². The van der Waals surface area contributed by atoms with Crippen molar-refractivity contribution in [2.24, 2.45) is 0 Å². The van der Waals surface area contributed by atoms with Crippen LogP contribution in [0.5, 0.6) is 0 Å². The summed E-state index contributed by atoms with van der Waals surface area (Å²) in [6, 6.07) is 3.61. The lowest BCUT2D eigenvalue weighted by Crippen LogP contribution is -2.21. The van der Waals surface area contributed by atoms with Crippen molar-refractivity contribution in [1.82, 2.24) is 14.7 Å². The summed E-state index contributed by atoms with van der Waals surface area (Å²) in [7, 11) is 0. The molecule has 0 saturated heterocycles. The molecule has 0 aliphatic carbocycles. The minimum atomic E-state index is -0.0289. The lowest BCUT2D eigenvalue weighted by Gasteiger charge is -2.01. The Morgan fingerprint density at radius 1 is 1.50 bits per heavy atom. The zero-order chi connectivity index (χ0) is 11.5. The first kappa shape index (κ1) is 10.6. The van der Waals surface area contributed by atoms with E-state index in [0.29, 0.717) is 23.8 Å². The summed E-state index contributed by atoms with van der Waals surface area (Å²) in [5, 5.41) is 3.78. The molecule has 0 fully saturated rings. The van der Waals surface area contributed by atoms with Crippen molar-refractivity contribution in [2.45, 2.75) is 26.8 Å². The Hall–Kier alpha value is -1.91. The Morgan fingerprint density at radius 2 is 2.31 bits per heavy atom. The van der Waals surface area contributed by atoms with E-state index >= 15 is 0 Å². The Balaban J connectivity index is 2.27. The smallest absolute Gasteiger partial charge is 0.253 e. The summed E-state index contributed by atoms with van der Waals surface area (Å²) in [4.78, 5) is 15.9. The maximum absolute atomic E-state index is 11.7. The molecule has 0 spiro atoms. The van der Waals surface area contributed by atoms with Crippen LogP contribution in [0.2, 0.25) is 0 Å². The van der Waals surface area contributed by atoms with Crippen LogP contribution in [0.25, 0.3) is 0 Å². The molecule has 16 heavy (non-hydrogen) atoms. The fourth-order valence-electron chi connectivity index (χ4n) is 1.42. The fraction of sp³-hybridized carbons (Fsp3) is 0.364. The molecule has 2 rings (SSSR count). The van der Waals surface area contributed by atoms with Gasteiger partial charge in [-0.25, -0.2) is 0 Å². The molecule has 84 valence electrons. The Bertz CT molecular complexity index is 542. The Labute approximate surface area is 92.7 Å². The van der Waals surface area contributed by atoms with Gasteiger partial charge in [-0.2, -0.15) is 4.98 Å². The number of hydrogen-bond donors (Lipinski definition) is 0. The van der Waals surface area contributed by atoms with Gasteiger partial charge in [0.1, 0.15) is 6.54 Å². The lowest BCUT2D eigenvalue weighted by atomic mass is 10.3. The fourth-order valence-corrected chi connectivity index (χ4v) is 1.42. The predicted octanol–water partition coefficient (Wildman–Crippen LogP) is 1.15. The molecule has 0 N–H and O–H groups in total. The first-order valence-corrected chi connectivity index (χ1v) is 5.18. The summed E-state index contributed by atoms with van der Waals surface area (Å²) in [6.45, 7) is 4.06. The van der Waals surface area contributed by atoms with E-state index in [1.165, 1.54) is 0 Å². The van der Waals surface area contributed by atoms with Crippen molar-refractivity contribution in [1.29, 1.82) is 0 Å². The van der Waals surface area contributed by atoms with Crippen LogP contribution in [0.3, 0.4) is 0 Å². The Kier molecular flexibility index (Phi) is 2.85. The normalized spacial score (nSPS) is 10.6. The van der Waals surface area contributed by atoms with E-state index < -0.39 is 0 Å². The molecule has 0 saturated carbocycles. The molecule has 2 aromatic heterocycles. The van der Waals surface area contributed by atoms with Gasteiger partial charge in [0.25, 0.3) is 5.56 Å². The molecule has 2 heterocycles. The second-order valence-electron chi connectivity index (χ2n) is 3.58. The van der Waals surface area contributed by atoms with Crippen LogP contribution in [-0.4, -0.2) is 14.7 Å². The maximum Gasteiger partial charge on any atom is 0.253 e. The molecule has 0 amide bonds. The molecule has 5 nitrogen and oxygen atoms in total. The average Bonchev–Trinajstić information content (AvgIpc) is 2.73. The standard InChI is InChI=1S/C11H13N3O2/c1-3-9-12-10(16-13-9)7-14-6-4-5-8(2)11(14)15/h4-6H,3,7H2,1-2H3. The summed E-state index contributed by atoms with van der Waals surface area (Å²) in [5.41, 5.74) is 0.677. The minimum absolute atomic E-state index is 0.0289. The number of hydrogen-bond acceptors (Lipinski definition) is 4. The third-order valence-corrected chi connectivity index (χ3v) is 2.34. The minimum Gasteiger partial charge on any atom is -0.337 e. The SMILES string of the molecule is CCc1noc(Cn2cccc(C)c2=O)n1. The predicted molar refractivity (Wildman–Crippen MR) is 58.2 cm³/mol. The van der Waals surface area contributed by atoms with Gasteiger partial charge in [-0.15, -0.1) is 0 Å². The van der Waals surface area contributed by atoms with Crippen molar-refractivity contribution in [2.75, 3.05) is 0 Å². The third-order valence-electron chi connectivity index (χ3n) is 2.34. The van der Waals surface area contributed by atoms with E-state index in [1.54, 1.807) is 23.8 Å². The van der Waals surface area contributed by atoms with E-state index in [9.17, 15) is 4.79 Å². The maximum atomic E-state index is 11.7. The summed E-state index contributed by atoms with van der Waals surface area (Å²) in [5.74, 6) is 1.13. The van der Waals surface area contributed by atoms with E-state index in [-0.39, 0.29) is 5.56 Å². The molecule has 0 aliphatic rings. The third kappa shape index (κ3) is 2.03. The van der Waals surface area contributed by atoms with Gasteiger partial charge >= 0.3 is 0 Å². The highest BCUT2D eigenvalue weighted by Crippen LogP contribution is 2.00. The highest BCUT2D eigenvalue weighted by atomic mass is 16.5. The molecular formula is C11H13N3O2. The zero-order valence-corrected chi connectivity index (χ0v) is 9.30. The van der Waals surface area contributed by atoms with Crippen molar-refractivity contribution in [3.63, 3.8) is 0 Å². The number of nitrogens with zero attached hydrogens (tertiary/aromatic N) is 3. The van der Waals surface area contributed by atoms with Gasteiger partial charge < -0.3 is 9.09 Å². The van der Waals surface area contributed by atoms with Crippen molar-refractivity contribution >= 4 is 0 Å². The summed E-state index contributed by atoms with van der Waals surface area (Å²) in [6.07, 6.45) is 2.44. The van der Waals surface area contributed by atoms with Crippen LogP contribution < -0.4 is 5.56 Å². The molecule has 0 radical (unpaired) electrons. The molecule has 0 unspecified atom stereocenters. The quantitative estimate of drug-likeness (QED) is 0.777. The number of rotatable bonds is 3. The van der Waals surface area contributed by atoms with Gasteiger partial charge in [0.05, 0.1) is 0 Å². The summed E-state index contributed by atoms with van der Waals surface area (Å²) >= 11 is 0. The van der Waals surface area contributed by atoms with Gasteiger partial charge in [-0.1, -0.05) is 18.1 Å². The summed E-state index contributed by atoms with van der Waals surface area (Å²) < 4.78 is 6.59. The van der Waals surface area contributed by atoms with Crippen molar-refractivity contribution < 1.29 is 4.52 Å². The topological polar surface area (TPSA) is 60.9 Å². The first-order chi connectivity index (χ1) is 7.70. The molecule has 0 atom stereocenters. The van der Waals surface area contributed by atoms with E-state index in [0.717, 1.165) is 6.42 Å². The zero-order valence-electron chi connectivity index (χ0n) is 9.30. The molecule has 5 heteroatoms. The highest BCUT2D eigenvalue weighted by Gasteiger charge is 2.06. The second kappa shape index (κ2) is 4.30. The van der Waals surface area contributed by atoms with Crippen LogP contribution >= 0.6 is 0 Å². The second-order valence-corrected chi connectivity index (χ2v) is 3.58. The van der Waals surface area contributed by atoms with Crippen LogP contribution in [0.15, 0.2) is 27.6 Å². The van der Waals surface area contributed by atoms with Gasteiger partial charge in [0.15, 0.2) is 5.82 Å².